The van der Waals surface area contributed by atoms with Gasteiger partial charge in [0, 0.05) is 6.42 Å². The summed E-state index contributed by atoms with van der Waals surface area (Å²) in [5, 5.41) is 0. The van der Waals surface area contributed by atoms with Crippen molar-refractivity contribution < 1.29 is 17.8 Å². The highest BCUT2D eigenvalue weighted by Crippen LogP contribution is 1.92. The van der Waals surface area contributed by atoms with E-state index in [4.69, 9.17) is 10.4 Å². The molecule has 0 radical (unpaired) electrons. The van der Waals surface area contributed by atoms with E-state index in [-0.39, 0.29) is 12.8 Å². The first-order chi connectivity index (χ1) is 4.95. The quantitative estimate of drug-likeness (QED) is 0.215. The number of carbonyl (C=O) groups is 1. The van der Waals surface area contributed by atoms with Crippen LogP contribution < -0.4 is 11.3 Å². The fraction of sp³-hybridized carbons (Fsp3) is 0.750. The second kappa shape index (κ2) is 4.27. The van der Waals surface area contributed by atoms with Gasteiger partial charge < -0.3 is 0 Å². The minimum Gasteiger partial charge on any atom is -0.294 e. The van der Waals surface area contributed by atoms with Crippen LogP contribution in [0.15, 0.2) is 0 Å². The number of hydrazine groups is 1. The predicted octanol–water partition coefficient (Wildman–Crippen LogP) is -1.36. The summed E-state index contributed by atoms with van der Waals surface area (Å²) in [6.07, 6.45) is 0.0676. The Morgan fingerprint density at radius 2 is 2.09 bits per heavy atom. The Bertz CT molecular complexity index is 222. The van der Waals surface area contributed by atoms with Gasteiger partial charge in [0.2, 0.25) is 5.91 Å². The third-order valence-electron chi connectivity index (χ3n) is 0.967. The van der Waals surface area contributed by atoms with Gasteiger partial charge in [0.05, 0.1) is 5.75 Å². The molecule has 11 heavy (non-hydrogen) atoms. The molecule has 0 unspecified atom stereocenters. The van der Waals surface area contributed by atoms with E-state index in [0.29, 0.717) is 0 Å². The fourth-order valence-corrected chi connectivity index (χ4v) is 0.996. The van der Waals surface area contributed by atoms with Crippen LogP contribution in [0.2, 0.25) is 0 Å². The van der Waals surface area contributed by atoms with E-state index in [2.05, 4.69) is 0 Å². The van der Waals surface area contributed by atoms with Gasteiger partial charge in [0.15, 0.2) is 0 Å². The second-order valence-electron chi connectivity index (χ2n) is 1.96. The zero-order chi connectivity index (χ0) is 8.91. The lowest BCUT2D eigenvalue weighted by atomic mass is 10.3. The highest BCUT2D eigenvalue weighted by molar-refractivity contribution is 7.85. The predicted molar refractivity (Wildman–Crippen MR) is 38.0 cm³/mol. The van der Waals surface area contributed by atoms with E-state index in [9.17, 15) is 13.2 Å². The van der Waals surface area contributed by atoms with E-state index in [1.165, 1.54) is 0 Å². The first kappa shape index (κ1) is 10.3. The Labute approximate surface area is 64.5 Å². The number of rotatable bonds is 4. The molecule has 0 heterocycles. The van der Waals surface area contributed by atoms with E-state index < -0.39 is 21.8 Å². The molecule has 6 nitrogen and oxygen atoms in total. The van der Waals surface area contributed by atoms with Crippen molar-refractivity contribution in [3.8, 4) is 0 Å². The van der Waals surface area contributed by atoms with Gasteiger partial charge in [-0.05, 0) is 6.42 Å². The van der Waals surface area contributed by atoms with Gasteiger partial charge in [0.25, 0.3) is 10.1 Å². The lowest BCUT2D eigenvalue weighted by molar-refractivity contribution is -0.121. The molecule has 0 aliphatic rings. The van der Waals surface area contributed by atoms with Crippen LogP contribution in [-0.2, 0) is 14.9 Å². The molecule has 1 amide bonds. The van der Waals surface area contributed by atoms with Gasteiger partial charge in [-0.25, -0.2) is 5.84 Å². The molecular formula is C4H10N2O4S. The number of amides is 1. The summed E-state index contributed by atoms with van der Waals surface area (Å²) in [6, 6.07) is 0. The van der Waals surface area contributed by atoms with Crippen LogP contribution in [0.25, 0.3) is 0 Å². The summed E-state index contributed by atoms with van der Waals surface area (Å²) in [5.74, 6) is 3.84. The van der Waals surface area contributed by atoms with Crippen molar-refractivity contribution in [2.45, 2.75) is 12.8 Å². The van der Waals surface area contributed by atoms with Gasteiger partial charge in [0.1, 0.15) is 0 Å². The van der Waals surface area contributed by atoms with Crippen LogP contribution in [0.1, 0.15) is 12.8 Å². The summed E-state index contributed by atoms with van der Waals surface area (Å²) in [7, 11) is -3.95. The van der Waals surface area contributed by atoms with Crippen LogP contribution in [-0.4, -0.2) is 24.6 Å². The summed E-state index contributed by atoms with van der Waals surface area (Å²) in [6.45, 7) is 0. The van der Waals surface area contributed by atoms with Gasteiger partial charge >= 0.3 is 0 Å². The topological polar surface area (TPSA) is 109 Å². The van der Waals surface area contributed by atoms with Crippen molar-refractivity contribution in [2.75, 3.05) is 5.75 Å². The Morgan fingerprint density at radius 3 is 2.45 bits per heavy atom. The van der Waals surface area contributed by atoms with Crippen LogP contribution >= 0.6 is 0 Å². The number of nitrogens with one attached hydrogen (secondary N) is 1. The van der Waals surface area contributed by atoms with Gasteiger partial charge in [-0.3, -0.25) is 14.8 Å². The van der Waals surface area contributed by atoms with Crippen LogP contribution in [0.5, 0.6) is 0 Å². The third kappa shape index (κ3) is 7.23. The van der Waals surface area contributed by atoms with Crippen molar-refractivity contribution in [3.63, 3.8) is 0 Å². The maximum atomic E-state index is 10.4. The van der Waals surface area contributed by atoms with Gasteiger partial charge in [-0.2, -0.15) is 8.42 Å². The first-order valence-electron chi connectivity index (χ1n) is 2.90. The lowest BCUT2D eigenvalue weighted by Gasteiger charge is -1.96. The molecule has 0 atom stereocenters. The van der Waals surface area contributed by atoms with Crippen LogP contribution in [0.4, 0.5) is 0 Å². The average molecular weight is 182 g/mol. The maximum Gasteiger partial charge on any atom is 0.264 e. The molecule has 0 saturated heterocycles. The smallest absolute Gasteiger partial charge is 0.264 e. The summed E-state index contributed by atoms with van der Waals surface area (Å²) in [5.41, 5.74) is 1.84. The molecule has 7 heteroatoms. The highest BCUT2D eigenvalue weighted by atomic mass is 32.2. The fourth-order valence-electron chi connectivity index (χ4n) is 0.487. The largest absolute Gasteiger partial charge is 0.294 e. The standard InChI is InChI=1S/C4H10N2O4S/c5-6-4(7)2-1-3-11(8,9)10/h1-3,5H2,(H,6,7)(H,8,9,10). The molecule has 0 aliphatic heterocycles. The van der Waals surface area contributed by atoms with Gasteiger partial charge in [-0.1, -0.05) is 0 Å². The molecule has 0 bridgehead atoms. The molecule has 0 saturated carbocycles. The zero-order valence-electron chi connectivity index (χ0n) is 5.78. The summed E-state index contributed by atoms with van der Waals surface area (Å²) < 4.78 is 28.4. The SMILES string of the molecule is NNC(=O)CCCS(=O)(=O)O. The third-order valence-corrected chi connectivity index (χ3v) is 1.77. The van der Waals surface area contributed by atoms with Crippen molar-refractivity contribution in [2.24, 2.45) is 5.84 Å². The number of hydrogen-bond acceptors (Lipinski definition) is 4. The zero-order valence-corrected chi connectivity index (χ0v) is 6.60. The molecule has 4 N–H and O–H groups in total. The molecule has 0 rings (SSSR count). The molecule has 0 spiro atoms. The number of carbonyl (C=O) groups excluding carboxylic acids is 1. The summed E-state index contributed by atoms with van der Waals surface area (Å²) >= 11 is 0. The molecule has 0 aromatic heterocycles. The van der Waals surface area contributed by atoms with Crippen LogP contribution in [0, 0.1) is 0 Å². The first-order valence-corrected chi connectivity index (χ1v) is 4.51. The van der Waals surface area contributed by atoms with E-state index in [0.717, 1.165) is 0 Å². The monoisotopic (exact) mass is 182 g/mol. The van der Waals surface area contributed by atoms with Crippen molar-refractivity contribution in [1.82, 2.24) is 5.43 Å². The van der Waals surface area contributed by atoms with Crippen LogP contribution in [0.3, 0.4) is 0 Å². The molecular weight excluding hydrogens is 172 g/mol. The van der Waals surface area contributed by atoms with Gasteiger partial charge in [-0.15, -0.1) is 0 Å². The molecule has 0 aromatic carbocycles. The average Bonchev–Trinajstić information content (AvgIpc) is 1.85. The van der Waals surface area contributed by atoms with E-state index in [1.807, 2.05) is 5.43 Å². The van der Waals surface area contributed by atoms with Crippen molar-refractivity contribution >= 4 is 16.0 Å². The Morgan fingerprint density at radius 1 is 1.55 bits per heavy atom. The minimum absolute atomic E-state index is 0.00368. The molecule has 0 aliphatic carbocycles. The van der Waals surface area contributed by atoms with E-state index in [1.54, 1.807) is 0 Å². The Hall–Kier alpha value is -0.660. The maximum absolute atomic E-state index is 10.4. The highest BCUT2D eigenvalue weighted by Gasteiger charge is 2.05. The summed E-state index contributed by atoms with van der Waals surface area (Å²) in [4.78, 5) is 10.4. The number of hydrogen-bond donors (Lipinski definition) is 3. The normalized spacial score (nSPS) is 11.1. The van der Waals surface area contributed by atoms with E-state index >= 15 is 0 Å². The molecule has 0 aromatic rings. The Balaban J connectivity index is 3.51. The van der Waals surface area contributed by atoms with Crippen molar-refractivity contribution in [1.29, 1.82) is 0 Å². The second-order valence-corrected chi connectivity index (χ2v) is 3.53. The van der Waals surface area contributed by atoms with Crippen molar-refractivity contribution in [3.05, 3.63) is 0 Å². The lowest BCUT2D eigenvalue weighted by Crippen LogP contribution is -2.30. The molecule has 0 fully saturated rings. The number of nitrogens with two attached hydrogens (primary N) is 1. The molecule has 66 valence electrons. The minimum atomic E-state index is -3.95. The Kier molecular flexibility index (Phi) is 4.01.